The van der Waals surface area contributed by atoms with Crippen LogP contribution in [0.15, 0.2) is 24.3 Å². The van der Waals surface area contributed by atoms with E-state index in [1.165, 1.54) is 10.5 Å². The third-order valence-electron chi connectivity index (χ3n) is 5.03. The number of aliphatic hydroxyl groups excluding tert-OH is 2. The summed E-state index contributed by atoms with van der Waals surface area (Å²) in [5, 5.41) is 20.5. The van der Waals surface area contributed by atoms with Crippen molar-refractivity contribution < 1.29 is 19.8 Å². The molecule has 1 aromatic rings. The third kappa shape index (κ3) is 4.69. The van der Waals surface area contributed by atoms with E-state index in [9.17, 15) is 10.2 Å². The largest absolute Gasteiger partial charge is 0.491 e. The van der Waals surface area contributed by atoms with E-state index < -0.39 is 6.10 Å². The standard InChI is InChI=1S/C19H31NO3/c1-14-6-8-17(9-7-14)23-13-16(22)12-20-18(2,3)10-15(21)11-19(20,4)5/h6-9,15-16,21-22H,10-13H2,1-5H3/p+1/t16-/m1/s1. The van der Waals surface area contributed by atoms with Crippen LogP contribution >= 0.6 is 0 Å². The second-order valence-electron chi connectivity index (χ2n) is 8.29. The van der Waals surface area contributed by atoms with Crippen LogP contribution in [0.25, 0.3) is 0 Å². The number of hydrogen-bond acceptors (Lipinski definition) is 3. The van der Waals surface area contributed by atoms with E-state index >= 15 is 0 Å². The number of hydrogen-bond donors (Lipinski definition) is 3. The Morgan fingerprint density at radius 2 is 1.65 bits per heavy atom. The van der Waals surface area contributed by atoms with E-state index in [1.807, 2.05) is 31.2 Å². The second kappa shape index (κ2) is 6.80. The molecule has 4 heteroatoms. The average molecular weight is 322 g/mol. The molecule has 0 saturated carbocycles. The Morgan fingerprint density at radius 3 is 2.17 bits per heavy atom. The smallest absolute Gasteiger partial charge is 0.137 e. The van der Waals surface area contributed by atoms with Gasteiger partial charge in [0, 0.05) is 12.8 Å². The first kappa shape index (κ1) is 18.2. The highest BCUT2D eigenvalue weighted by Gasteiger charge is 2.49. The lowest BCUT2D eigenvalue weighted by Crippen LogP contribution is -3.27. The molecule has 3 N–H and O–H groups in total. The number of benzene rings is 1. The van der Waals surface area contributed by atoms with Crippen molar-refractivity contribution in [3.05, 3.63) is 29.8 Å². The minimum atomic E-state index is -0.528. The van der Waals surface area contributed by atoms with Crippen LogP contribution in [0.5, 0.6) is 5.75 Å². The molecule has 1 saturated heterocycles. The van der Waals surface area contributed by atoms with Crippen molar-refractivity contribution in [3.8, 4) is 5.75 Å². The number of ether oxygens (including phenoxy) is 1. The Balaban J connectivity index is 1.95. The molecular weight excluding hydrogens is 290 g/mol. The van der Waals surface area contributed by atoms with Crippen LogP contribution < -0.4 is 9.64 Å². The Bertz CT molecular complexity index is 492. The molecule has 0 spiro atoms. The zero-order valence-electron chi connectivity index (χ0n) is 15.1. The Kier molecular flexibility index (Phi) is 5.39. The van der Waals surface area contributed by atoms with Crippen molar-refractivity contribution in [1.29, 1.82) is 0 Å². The van der Waals surface area contributed by atoms with Crippen molar-refractivity contribution in [2.45, 2.75) is 70.7 Å². The van der Waals surface area contributed by atoms with E-state index in [-0.39, 0.29) is 17.2 Å². The number of rotatable bonds is 5. The zero-order chi connectivity index (χ0) is 17.3. The van der Waals surface area contributed by atoms with E-state index in [0.717, 1.165) is 18.6 Å². The van der Waals surface area contributed by atoms with Gasteiger partial charge in [0.05, 0.1) is 17.2 Å². The predicted octanol–water partition coefficient (Wildman–Crippen LogP) is 1.33. The van der Waals surface area contributed by atoms with Crippen molar-refractivity contribution in [3.63, 3.8) is 0 Å². The number of piperidine rings is 1. The number of nitrogens with one attached hydrogen (secondary N) is 1. The molecule has 130 valence electrons. The molecule has 1 aliphatic rings. The fourth-order valence-corrected chi connectivity index (χ4v) is 4.09. The van der Waals surface area contributed by atoms with Crippen LogP contribution in [0.2, 0.25) is 0 Å². The lowest BCUT2D eigenvalue weighted by Gasteiger charge is -2.51. The minimum absolute atomic E-state index is 0.0635. The molecular formula is C19H32NO3+. The second-order valence-corrected chi connectivity index (χ2v) is 8.29. The molecule has 0 aromatic heterocycles. The van der Waals surface area contributed by atoms with Crippen molar-refractivity contribution in [2.75, 3.05) is 13.2 Å². The van der Waals surface area contributed by atoms with E-state index in [4.69, 9.17) is 4.74 Å². The van der Waals surface area contributed by atoms with Gasteiger partial charge in [0.2, 0.25) is 0 Å². The fraction of sp³-hybridized carbons (Fsp3) is 0.684. The topological polar surface area (TPSA) is 54.1 Å². The molecule has 1 fully saturated rings. The SMILES string of the molecule is Cc1ccc(OC[C@H](O)C[NH+]2C(C)(C)CC(O)CC2(C)C)cc1. The predicted molar refractivity (Wildman–Crippen MR) is 91.9 cm³/mol. The van der Waals surface area contributed by atoms with Gasteiger partial charge < -0.3 is 19.8 Å². The van der Waals surface area contributed by atoms with Gasteiger partial charge in [-0.2, -0.15) is 0 Å². The molecule has 1 atom stereocenters. The van der Waals surface area contributed by atoms with Gasteiger partial charge in [0.25, 0.3) is 0 Å². The van der Waals surface area contributed by atoms with Crippen LogP contribution in [0.3, 0.4) is 0 Å². The summed E-state index contributed by atoms with van der Waals surface area (Å²) in [5.41, 5.74) is 1.07. The Hall–Kier alpha value is -1.10. The van der Waals surface area contributed by atoms with Gasteiger partial charge in [-0.1, -0.05) is 17.7 Å². The molecule has 1 aliphatic heterocycles. The highest BCUT2D eigenvalue weighted by molar-refractivity contribution is 5.26. The first-order valence-corrected chi connectivity index (χ1v) is 8.52. The summed E-state index contributed by atoms with van der Waals surface area (Å²) >= 11 is 0. The van der Waals surface area contributed by atoms with Crippen LogP contribution in [0, 0.1) is 6.92 Å². The number of aliphatic hydroxyl groups is 2. The summed E-state index contributed by atoms with van der Waals surface area (Å²) in [7, 11) is 0. The van der Waals surface area contributed by atoms with Gasteiger partial charge >= 0.3 is 0 Å². The fourth-order valence-electron chi connectivity index (χ4n) is 4.09. The molecule has 1 aromatic carbocycles. The summed E-state index contributed by atoms with van der Waals surface area (Å²) in [6, 6.07) is 7.87. The summed E-state index contributed by atoms with van der Waals surface area (Å²) in [4.78, 5) is 1.33. The summed E-state index contributed by atoms with van der Waals surface area (Å²) in [6.07, 6.45) is 0.735. The van der Waals surface area contributed by atoms with E-state index in [1.54, 1.807) is 0 Å². The first-order chi connectivity index (χ1) is 10.6. The Labute approximate surface area is 140 Å². The maximum atomic E-state index is 10.4. The molecule has 23 heavy (non-hydrogen) atoms. The molecule has 0 unspecified atom stereocenters. The van der Waals surface area contributed by atoms with Crippen LogP contribution in [-0.4, -0.2) is 46.7 Å². The molecule has 4 nitrogen and oxygen atoms in total. The van der Waals surface area contributed by atoms with Crippen LogP contribution in [0.1, 0.15) is 46.1 Å². The van der Waals surface area contributed by atoms with Gasteiger partial charge in [-0.3, -0.25) is 0 Å². The number of likely N-dealkylation sites (tertiary alicyclic amines) is 1. The minimum Gasteiger partial charge on any atom is -0.491 e. The highest BCUT2D eigenvalue weighted by Crippen LogP contribution is 2.23. The maximum absolute atomic E-state index is 10.4. The normalized spacial score (nSPS) is 27.4. The first-order valence-electron chi connectivity index (χ1n) is 8.52. The molecule has 0 amide bonds. The van der Waals surface area contributed by atoms with Crippen molar-refractivity contribution in [1.82, 2.24) is 0 Å². The van der Waals surface area contributed by atoms with Gasteiger partial charge in [0.1, 0.15) is 25.0 Å². The molecule has 0 radical (unpaired) electrons. The molecule has 2 rings (SSSR count). The van der Waals surface area contributed by atoms with E-state index in [2.05, 4.69) is 27.7 Å². The van der Waals surface area contributed by atoms with Gasteiger partial charge in [0.15, 0.2) is 0 Å². The van der Waals surface area contributed by atoms with Crippen LogP contribution in [0.4, 0.5) is 0 Å². The number of quaternary nitrogens is 1. The van der Waals surface area contributed by atoms with Gasteiger partial charge in [-0.15, -0.1) is 0 Å². The lowest BCUT2D eigenvalue weighted by atomic mass is 9.78. The van der Waals surface area contributed by atoms with Gasteiger partial charge in [-0.05, 0) is 46.8 Å². The molecule has 0 bridgehead atoms. The Morgan fingerprint density at radius 1 is 1.13 bits per heavy atom. The van der Waals surface area contributed by atoms with Gasteiger partial charge in [-0.25, -0.2) is 0 Å². The summed E-state index contributed by atoms with van der Waals surface area (Å²) in [6.45, 7) is 11.6. The summed E-state index contributed by atoms with van der Waals surface area (Å²) in [5.74, 6) is 0.789. The molecule has 0 aliphatic carbocycles. The number of aryl methyl sites for hydroxylation is 1. The summed E-state index contributed by atoms with van der Waals surface area (Å²) < 4.78 is 5.71. The molecule has 1 heterocycles. The highest BCUT2D eigenvalue weighted by atomic mass is 16.5. The monoisotopic (exact) mass is 322 g/mol. The lowest BCUT2D eigenvalue weighted by molar-refractivity contribution is -1.00. The van der Waals surface area contributed by atoms with Crippen molar-refractivity contribution >= 4 is 0 Å². The third-order valence-corrected chi connectivity index (χ3v) is 5.03. The van der Waals surface area contributed by atoms with Crippen molar-refractivity contribution in [2.24, 2.45) is 0 Å². The average Bonchev–Trinajstić information content (AvgIpc) is 2.41. The quantitative estimate of drug-likeness (QED) is 0.767. The maximum Gasteiger partial charge on any atom is 0.137 e. The zero-order valence-corrected chi connectivity index (χ0v) is 15.1. The van der Waals surface area contributed by atoms with E-state index in [0.29, 0.717) is 13.2 Å². The van der Waals surface area contributed by atoms with Crippen LogP contribution in [-0.2, 0) is 0 Å².